The first-order valence-electron chi connectivity index (χ1n) is 9.36. The molecule has 0 aliphatic carbocycles. The number of fused-ring (bicyclic) bond motifs is 1. The van der Waals surface area contributed by atoms with Crippen LogP contribution in [0.4, 0.5) is 11.4 Å². The second kappa shape index (κ2) is 8.65. The number of likely N-dealkylation sites (N-methyl/N-ethyl adjacent to an activating group) is 1. The predicted molar refractivity (Wildman–Crippen MR) is 127 cm³/mol. The van der Waals surface area contributed by atoms with E-state index in [1.165, 1.54) is 0 Å². The molecular weight excluding hydrogens is 416 g/mol. The van der Waals surface area contributed by atoms with Gasteiger partial charge in [-0.3, -0.25) is 4.79 Å². The molecular formula is C23H19ClN4OS. The maximum atomic E-state index is 13.2. The van der Waals surface area contributed by atoms with Crippen LogP contribution in [-0.2, 0) is 4.79 Å². The van der Waals surface area contributed by atoms with Crippen molar-refractivity contribution in [3.8, 4) is 0 Å². The van der Waals surface area contributed by atoms with E-state index in [4.69, 9.17) is 28.8 Å². The van der Waals surface area contributed by atoms with E-state index in [-0.39, 0.29) is 11.0 Å². The smallest absolute Gasteiger partial charge is 0.272 e. The second-order valence-electron chi connectivity index (χ2n) is 6.77. The van der Waals surface area contributed by atoms with E-state index in [1.54, 1.807) is 24.1 Å². The van der Waals surface area contributed by atoms with Gasteiger partial charge in [0.2, 0.25) is 6.17 Å². The van der Waals surface area contributed by atoms with Crippen LogP contribution in [0.2, 0.25) is 5.02 Å². The zero-order valence-corrected chi connectivity index (χ0v) is 17.7. The molecule has 0 bridgehead atoms. The van der Waals surface area contributed by atoms with Gasteiger partial charge >= 0.3 is 0 Å². The Kier molecular flexibility index (Phi) is 5.79. The molecule has 1 unspecified atom stereocenters. The Morgan fingerprint density at radius 1 is 1.03 bits per heavy atom. The molecule has 1 amide bonds. The number of hydrogen-bond acceptors (Lipinski definition) is 3. The molecule has 0 radical (unpaired) electrons. The highest BCUT2D eigenvalue weighted by molar-refractivity contribution is 7.80. The van der Waals surface area contributed by atoms with Crippen LogP contribution in [0, 0.1) is 0 Å². The Morgan fingerprint density at radius 2 is 1.77 bits per heavy atom. The minimum absolute atomic E-state index is 0.205. The summed E-state index contributed by atoms with van der Waals surface area (Å²) in [6.45, 7) is 0. The van der Waals surface area contributed by atoms with Crippen molar-refractivity contribution in [2.75, 3.05) is 17.3 Å². The third-order valence-electron chi connectivity index (χ3n) is 4.74. The van der Waals surface area contributed by atoms with Crippen molar-refractivity contribution in [3.63, 3.8) is 0 Å². The average molecular weight is 435 g/mol. The van der Waals surface area contributed by atoms with Crippen LogP contribution in [0.25, 0.3) is 0 Å². The number of amides is 1. The third kappa shape index (κ3) is 4.20. The van der Waals surface area contributed by atoms with E-state index < -0.39 is 6.17 Å². The van der Waals surface area contributed by atoms with Crippen molar-refractivity contribution in [3.05, 3.63) is 95.0 Å². The number of aliphatic imine (C=N–C) groups is 1. The molecule has 3 aromatic rings. The van der Waals surface area contributed by atoms with Crippen LogP contribution < -0.4 is 15.5 Å². The Morgan fingerprint density at radius 3 is 2.53 bits per heavy atom. The highest BCUT2D eigenvalue weighted by Gasteiger charge is 2.30. The van der Waals surface area contributed by atoms with Crippen LogP contribution in [0.5, 0.6) is 0 Å². The molecule has 0 fully saturated rings. The van der Waals surface area contributed by atoms with E-state index >= 15 is 0 Å². The van der Waals surface area contributed by atoms with Gasteiger partial charge in [-0.25, -0.2) is 4.99 Å². The number of thiocarbonyl (C=S) groups is 1. The van der Waals surface area contributed by atoms with Crippen molar-refractivity contribution in [2.45, 2.75) is 6.17 Å². The number of nitrogens with one attached hydrogen (secondary N) is 2. The van der Waals surface area contributed by atoms with E-state index in [0.717, 1.165) is 28.2 Å². The lowest BCUT2D eigenvalue weighted by atomic mass is 10.0. The topological polar surface area (TPSA) is 56.7 Å². The summed E-state index contributed by atoms with van der Waals surface area (Å²) in [5.41, 5.74) is 4.06. The summed E-state index contributed by atoms with van der Waals surface area (Å²) in [6.07, 6.45) is -0.878. The van der Waals surface area contributed by atoms with E-state index in [1.807, 2.05) is 66.7 Å². The monoisotopic (exact) mass is 434 g/mol. The number of rotatable bonds is 3. The molecule has 7 heteroatoms. The number of para-hydroxylation sites is 1. The number of carbonyl (C=O) groups excluding carboxylic acids is 1. The molecule has 2 N–H and O–H groups in total. The Balaban J connectivity index is 1.69. The first kappa shape index (κ1) is 20.1. The molecule has 1 aliphatic heterocycles. The third-order valence-corrected chi connectivity index (χ3v) is 5.20. The minimum Gasteiger partial charge on any atom is -0.333 e. The quantitative estimate of drug-likeness (QED) is 0.597. The number of carbonyl (C=O) groups is 1. The maximum Gasteiger partial charge on any atom is 0.272 e. The summed E-state index contributed by atoms with van der Waals surface area (Å²) in [7, 11) is 1.74. The average Bonchev–Trinajstić information content (AvgIpc) is 2.85. The summed E-state index contributed by atoms with van der Waals surface area (Å²) < 4.78 is 0. The van der Waals surface area contributed by atoms with Gasteiger partial charge in [-0.05, 0) is 36.5 Å². The van der Waals surface area contributed by atoms with Gasteiger partial charge in [-0.15, -0.1) is 0 Å². The molecule has 0 aromatic heterocycles. The lowest BCUT2D eigenvalue weighted by Gasteiger charge is -2.21. The molecule has 5 nitrogen and oxygen atoms in total. The summed E-state index contributed by atoms with van der Waals surface area (Å²) >= 11 is 11.5. The first-order chi connectivity index (χ1) is 14.5. The normalized spacial score (nSPS) is 15.7. The maximum absolute atomic E-state index is 13.2. The second-order valence-corrected chi connectivity index (χ2v) is 7.61. The molecule has 1 atom stereocenters. The van der Waals surface area contributed by atoms with E-state index in [2.05, 4.69) is 10.6 Å². The van der Waals surface area contributed by atoms with Crippen LogP contribution >= 0.6 is 23.8 Å². The van der Waals surface area contributed by atoms with Gasteiger partial charge in [0.15, 0.2) is 5.11 Å². The lowest BCUT2D eigenvalue weighted by molar-refractivity contribution is -0.119. The van der Waals surface area contributed by atoms with E-state index in [0.29, 0.717) is 5.02 Å². The Labute approximate surface area is 185 Å². The van der Waals surface area contributed by atoms with Crippen molar-refractivity contribution in [1.82, 2.24) is 5.32 Å². The number of hydrogen-bond donors (Lipinski definition) is 2. The van der Waals surface area contributed by atoms with Gasteiger partial charge in [-0.1, -0.05) is 66.2 Å². The predicted octanol–water partition coefficient (Wildman–Crippen LogP) is 4.47. The van der Waals surface area contributed by atoms with Crippen LogP contribution in [0.1, 0.15) is 11.1 Å². The molecule has 30 heavy (non-hydrogen) atoms. The highest BCUT2D eigenvalue weighted by atomic mass is 35.5. The molecule has 3 aromatic carbocycles. The number of halogens is 1. The minimum atomic E-state index is -0.878. The lowest BCUT2D eigenvalue weighted by Crippen LogP contribution is -2.47. The van der Waals surface area contributed by atoms with Crippen molar-refractivity contribution in [2.24, 2.45) is 4.99 Å². The molecule has 1 heterocycles. The van der Waals surface area contributed by atoms with Crippen LogP contribution in [0.3, 0.4) is 0 Å². The zero-order chi connectivity index (χ0) is 21.1. The Hall–Kier alpha value is -3.22. The van der Waals surface area contributed by atoms with Crippen LogP contribution in [0.15, 0.2) is 83.9 Å². The molecule has 1 aliphatic rings. The fourth-order valence-corrected chi connectivity index (χ4v) is 3.72. The standard InChI is InChI=1S/C23H19ClN4OS/c1-28-19-13-6-5-12-18(19)20(15-8-3-2-4-9-15)26-21(22(28)29)27-23(30)25-17-11-7-10-16(24)14-17/h2-14,21H,1H3,(H2,25,27,30). The van der Waals surface area contributed by atoms with Crippen LogP contribution in [-0.4, -0.2) is 29.9 Å². The largest absolute Gasteiger partial charge is 0.333 e. The molecule has 150 valence electrons. The zero-order valence-electron chi connectivity index (χ0n) is 16.2. The van der Waals surface area contributed by atoms with Crippen molar-refractivity contribution in [1.29, 1.82) is 0 Å². The fraction of sp³-hybridized carbons (Fsp3) is 0.0870. The van der Waals surface area contributed by atoms with Gasteiger partial charge in [0.1, 0.15) is 0 Å². The molecule has 0 saturated heterocycles. The molecule has 0 spiro atoms. The van der Waals surface area contributed by atoms with E-state index in [9.17, 15) is 4.79 Å². The SMILES string of the molecule is CN1C(=O)C(NC(=S)Nc2cccc(Cl)c2)N=C(c2ccccc2)c2ccccc21. The van der Waals surface area contributed by atoms with Gasteiger partial charge in [0.05, 0.1) is 11.4 Å². The van der Waals surface area contributed by atoms with Gasteiger partial charge in [0, 0.05) is 28.9 Å². The number of benzodiazepines with no additional fused rings is 1. The van der Waals surface area contributed by atoms with Crippen molar-refractivity contribution >= 4 is 51.9 Å². The van der Waals surface area contributed by atoms with Gasteiger partial charge in [-0.2, -0.15) is 0 Å². The fourth-order valence-electron chi connectivity index (χ4n) is 3.30. The number of benzene rings is 3. The Bertz CT molecular complexity index is 1130. The van der Waals surface area contributed by atoms with Crippen molar-refractivity contribution < 1.29 is 4.79 Å². The summed E-state index contributed by atoms with van der Waals surface area (Å²) in [5, 5.41) is 6.97. The molecule has 0 saturated carbocycles. The van der Waals surface area contributed by atoms with Gasteiger partial charge in [0.25, 0.3) is 5.91 Å². The molecule has 4 rings (SSSR count). The number of nitrogens with zero attached hydrogens (tertiary/aromatic N) is 2. The van der Waals surface area contributed by atoms with Gasteiger partial charge < -0.3 is 15.5 Å². The first-order valence-corrected chi connectivity index (χ1v) is 10.1. The summed E-state index contributed by atoms with van der Waals surface area (Å²) in [6, 6.07) is 24.7. The highest BCUT2D eigenvalue weighted by Crippen LogP contribution is 2.27. The summed E-state index contributed by atoms with van der Waals surface area (Å²) in [5.74, 6) is -0.205. The summed E-state index contributed by atoms with van der Waals surface area (Å²) in [4.78, 5) is 19.6. The number of anilines is 2.